The summed E-state index contributed by atoms with van der Waals surface area (Å²) in [6, 6.07) is 16.1. The first-order valence-electron chi connectivity index (χ1n) is 11.5. The maximum atomic E-state index is 12.8. The molecular weight excluding hydrogens is 436 g/mol. The van der Waals surface area contributed by atoms with Crippen LogP contribution in [0.2, 0.25) is 0 Å². The van der Waals surface area contributed by atoms with E-state index in [2.05, 4.69) is 17.4 Å². The van der Waals surface area contributed by atoms with Crippen molar-refractivity contribution in [1.29, 1.82) is 0 Å². The van der Waals surface area contributed by atoms with E-state index in [9.17, 15) is 24.6 Å². The molecule has 8 heteroatoms. The van der Waals surface area contributed by atoms with Crippen LogP contribution in [0.4, 0.5) is 4.79 Å². The Morgan fingerprint density at radius 1 is 1.09 bits per heavy atom. The highest BCUT2D eigenvalue weighted by atomic mass is 16.5. The van der Waals surface area contributed by atoms with Gasteiger partial charge in [0.15, 0.2) is 5.60 Å². The number of carbonyl (C=O) groups is 3. The van der Waals surface area contributed by atoms with Crippen molar-refractivity contribution in [2.45, 2.75) is 50.2 Å². The summed E-state index contributed by atoms with van der Waals surface area (Å²) in [5.41, 5.74) is 1.65. The highest BCUT2D eigenvalue weighted by Crippen LogP contribution is 2.44. The second kappa shape index (κ2) is 9.10. The van der Waals surface area contributed by atoms with Gasteiger partial charge in [-0.3, -0.25) is 4.79 Å². The van der Waals surface area contributed by atoms with Gasteiger partial charge in [0, 0.05) is 24.4 Å². The van der Waals surface area contributed by atoms with Crippen molar-refractivity contribution in [3.05, 3.63) is 59.7 Å². The van der Waals surface area contributed by atoms with Gasteiger partial charge in [0.1, 0.15) is 6.61 Å². The SMILES string of the molecule is CC(C)(CC(=O)N1CCCC(O)(C(=O)O)C1)NC(=O)OCC1c2ccccc2-c2ccccc21. The number of rotatable bonds is 6. The Labute approximate surface area is 198 Å². The van der Waals surface area contributed by atoms with Gasteiger partial charge in [-0.05, 0) is 48.9 Å². The third-order valence-corrected chi connectivity index (χ3v) is 6.60. The van der Waals surface area contributed by atoms with Crippen molar-refractivity contribution in [2.24, 2.45) is 0 Å². The van der Waals surface area contributed by atoms with Gasteiger partial charge in [0.2, 0.25) is 5.91 Å². The van der Waals surface area contributed by atoms with E-state index in [1.807, 2.05) is 36.4 Å². The monoisotopic (exact) mass is 466 g/mol. The van der Waals surface area contributed by atoms with Crippen molar-refractivity contribution in [3.63, 3.8) is 0 Å². The molecule has 180 valence electrons. The summed E-state index contributed by atoms with van der Waals surface area (Å²) in [6.45, 7) is 3.69. The molecule has 2 aromatic rings. The maximum absolute atomic E-state index is 12.8. The molecule has 4 rings (SSSR count). The lowest BCUT2D eigenvalue weighted by molar-refractivity contribution is -0.166. The fourth-order valence-corrected chi connectivity index (χ4v) is 4.87. The molecule has 1 saturated heterocycles. The number of hydrogen-bond acceptors (Lipinski definition) is 5. The summed E-state index contributed by atoms with van der Waals surface area (Å²) in [7, 11) is 0. The number of β-amino-alcohol motifs (C(OH)–C–C–N with tert-alkyl or cyclic N) is 1. The third-order valence-electron chi connectivity index (χ3n) is 6.60. The number of nitrogens with one attached hydrogen (secondary N) is 1. The normalized spacial score (nSPS) is 19.8. The largest absolute Gasteiger partial charge is 0.479 e. The Morgan fingerprint density at radius 3 is 2.26 bits per heavy atom. The lowest BCUT2D eigenvalue weighted by Crippen LogP contribution is -2.56. The van der Waals surface area contributed by atoms with E-state index in [1.54, 1.807) is 13.8 Å². The second-order valence-electron chi connectivity index (χ2n) is 9.77. The Morgan fingerprint density at radius 2 is 1.68 bits per heavy atom. The fraction of sp³-hybridized carbons (Fsp3) is 0.423. The molecule has 2 aromatic carbocycles. The first kappa shape index (κ1) is 23.8. The van der Waals surface area contributed by atoms with Crippen LogP contribution in [-0.2, 0) is 14.3 Å². The van der Waals surface area contributed by atoms with Crippen molar-refractivity contribution < 1.29 is 29.3 Å². The highest BCUT2D eigenvalue weighted by molar-refractivity contribution is 5.82. The molecule has 3 N–H and O–H groups in total. The smallest absolute Gasteiger partial charge is 0.407 e. The number of alkyl carbamates (subject to hydrolysis) is 1. The molecule has 0 saturated carbocycles. The molecule has 1 fully saturated rings. The lowest BCUT2D eigenvalue weighted by Gasteiger charge is -2.38. The van der Waals surface area contributed by atoms with Crippen molar-refractivity contribution in [3.8, 4) is 11.1 Å². The Hall–Kier alpha value is -3.39. The molecule has 8 nitrogen and oxygen atoms in total. The Bertz CT molecular complexity index is 1070. The van der Waals surface area contributed by atoms with Crippen LogP contribution in [0.3, 0.4) is 0 Å². The topological polar surface area (TPSA) is 116 Å². The summed E-state index contributed by atoms with van der Waals surface area (Å²) in [5, 5.41) is 22.3. The van der Waals surface area contributed by atoms with Crippen molar-refractivity contribution in [2.75, 3.05) is 19.7 Å². The Kier molecular flexibility index (Phi) is 6.36. The first-order valence-corrected chi connectivity index (χ1v) is 11.5. The average Bonchev–Trinajstić information content (AvgIpc) is 3.11. The molecule has 0 bridgehead atoms. The van der Waals surface area contributed by atoms with Gasteiger partial charge in [-0.15, -0.1) is 0 Å². The molecule has 1 atom stereocenters. The molecule has 1 unspecified atom stereocenters. The number of amides is 2. The van der Waals surface area contributed by atoms with Crippen LogP contribution in [0.25, 0.3) is 11.1 Å². The van der Waals surface area contributed by atoms with E-state index in [0.717, 1.165) is 22.3 Å². The zero-order chi connectivity index (χ0) is 24.5. The summed E-state index contributed by atoms with van der Waals surface area (Å²) in [5.74, 6) is -1.73. The average molecular weight is 467 g/mol. The van der Waals surface area contributed by atoms with Crippen molar-refractivity contribution >= 4 is 18.0 Å². The number of carbonyl (C=O) groups excluding carboxylic acids is 2. The number of aliphatic carboxylic acids is 1. The summed E-state index contributed by atoms with van der Waals surface area (Å²) < 4.78 is 5.57. The quantitative estimate of drug-likeness (QED) is 0.602. The second-order valence-corrected chi connectivity index (χ2v) is 9.77. The van der Waals surface area contributed by atoms with Crippen LogP contribution in [0.1, 0.15) is 50.2 Å². The van der Waals surface area contributed by atoms with E-state index in [4.69, 9.17) is 4.74 Å². The fourth-order valence-electron chi connectivity index (χ4n) is 4.87. The molecule has 1 aliphatic carbocycles. The third kappa shape index (κ3) is 4.77. The number of ether oxygens (including phenoxy) is 1. The number of aliphatic hydroxyl groups is 1. The van der Waals surface area contributed by atoms with Gasteiger partial charge in [-0.2, -0.15) is 0 Å². The van der Waals surface area contributed by atoms with Crippen LogP contribution < -0.4 is 5.32 Å². The van der Waals surface area contributed by atoms with E-state index < -0.39 is 23.2 Å². The van der Waals surface area contributed by atoms with E-state index in [1.165, 1.54) is 4.90 Å². The number of nitrogens with zero attached hydrogens (tertiary/aromatic N) is 1. The van der Waals surface area contributed by atoms with Gasteiger partial charge >= 0.3 is 12.1 Å². The lowest BCUT2D eigenvalue weighted by atomic mass is 9.91. The molecule has 34 heavy (non-hydrogen) atoms. The molecular formula is C26H30N2O6. The van der Waals surface area contributed by atoms with E-state index in [0.29, 0.717) is 13.0 Å². The minimum absolute atomic E-state index is 0.0487. The molecule has 2 amide bonds. The summed E-state index contributed by atoms with van der Waals surface area (Å²) >= 11 is 0. The number of hydrogen-bond donors (Lipinski definition) is 3. The number of benzene rings is 2. The van der Waals surface area contributed by atoms with Gasteiger partial charge < -0.3 is 25.2 Å². The van der Waals surface area contributed by atoms with Crippen LogP contribution in [0.15, 0.2) is 48.5 Å². The number of fused-ring (bicyclic) bond motifs is 3. The van der Waals surface area contributed by atoms with Crippen LogP contribution in [-0.4, -0.2) is 63.9 Å². The molecule has 0 aromatic heterocycles. The van der Waals surface area contributed by atoms with E-state index >= 15 is 0 Å². The van der Waals surface area contributed by atoms with Crippen LogP contribution >= 0.6 is 0 Å². The number of carboxylic acids is 1. The zero-order valence-electron chi connectivity index (χ0n) is 19.4. The highest BCUT2D eigenvalue weighted by Gasteiger charge is 2.42. The van der Waals surface area contributed by atoms with Crippen LogP contribution in [0, 0.1) is 0 Å². The minimum atomic E-state index is -1.93. The predicted molar refractivity (Wildman–Crippen MR) is 125 cm³/mol. The van der Waals surface area contributed by atoms with E-state index in [-0.39, 0.29) is 37.8 Å². The Balaban J connectivity index is 1.35. The molecule has 2 aliphatic rings. The number of piperidine rings is 1. The molecule has 1 aliphatic heterocycles. The van der Waals surface area contributed by atoms with Gasteiger partial charge in [-0.1, -0.05) is 48.5 Å². The maximum Gasteiger partial charge on any atom is 0.407 e. The number of carboxylic acid groups (broad SMARTS) is 1. The molecule has 0 radical (unpaired) electrons. The van der Waals surface area contributed by atoms with Crippen LogP contribution in [0.5, 0.6) is 0 Å². The standard InChI is InChI=1S/C26H30N2O6/c1-25(2,14-22(29)28-13-7-12-26(33,16-28)23(30)31)27-24(32)34-15-21-19-10-5-3-8-17(19)18-9-4-6-11-20(18)21/h3-6,8-11,21,33H,7,12-16H2,1-2H3,(H,27,32)(H,30,31). The summed E-state index contributed by atoms with van der Waals surface area (Å²) in [4.78, 5) is 38.1. The molecule has 0 spiro atoms. The molecule has 1 heterocycles. The minimum Gasteiger partial charge on any atom is -0.479 e. The van der Waals surface area contributed by atoms with Crippen molar-refractivity contribution in [1.82, 2.24) is 10.2 Å². The van der Waals surface area contributed by atoms with Gasteiger partial charge in [0.25, 0.3) is 0 Å². The number of likely N-dealkylation sites (tertiary alicyclic amines) is 1. The van der Waals surface area contributed by atoms with Gasteiger partial charge in [0.05, 0.1) is 6.54 Å². The predicted octanol–water partition coefficient (Wildman–Crippen LogP) is 3.13. The zero-order valence-corrected chi connectivity index (χ0v) is 19.4. The summed E-state index contributed by atoms with van der Waals surface area (Å²) in [6.07, 6.45) is -0.171. The first-order chi connectivity index (χ1) is 16.1. The van der Waals surface area contributed by atoms with Gasteiger partial charge in [-0.25, -0.2) is 9.59 Å².